The number of ether oxygens (including phenoxy) is 1. The standard InChI is InChI=1S/C19H23ClN2O2/c1-19(24-2,16-9-6-10-17(20)13-16)14-22-18(23)21-12-11-15-7-4-3-5-8-15/h3-10,13H,11-12,14H2,1-2H3,(H2,21,22,23). The molecule has 0 saturated heterocycles. The molecule has 2 rings (SSSR count). The largest absolute Gasteiger partial charge is 0.372 e. The molecule has 0 aromatic heterocycles. The van der Waals surface area contributed by atoms with Crippen molar-refractivity contribution < 1.29 is 9.53 Å². The van der Waals surface area contributed by atoms with E-state index in [9.17, 15) is 4.79 Å². The third kappa shape index (κ3) is 5.25. The number of amides is 2. The number of carbonyl (C=O) groups is 1. The predicted octanol–water partition coefficient (Wildman–Crippen LogP) is 3.74. The van der Waals surface area contributed by atoms with E-state index in [4.69, 9.17) is 16.3 Å². The molecule has 2 aromatic carbocycles. The quantitative estimate of drug-likeness (QED) is 0.802. The maximum absolute atomic E-state index is 12.0. The van der Waals surface area contributed by atoms with E-state index < -0.39 is 5.60 Å². The molecule has 24 heavy (non-hydrogen) atoms. The van der Waals surface area contributed by atoms with Crippen LogP contribution in [0.25, 0.3) is 0 Å². The first kappa shape index (κ1) is 18.3. The Kier molecular flexibility index (Phi) is 6.64. The van der Waals surface area contributed by atoms with Crippen molar-refractivity contribution in [3.8, 4) is 0 Å². The normalized spacial score (nSPS) is 13.1. The maximum atomic E-state index is 12.0. The van der Waals surface area contributed by atoms with E-state index >= 15 is 0 Å². The Hall–Kier alpha value is -2.04. The van der Waals surface area contributed by atoms with Gasteiger partial charge >= 0.3 is 6.03 Å². The van der Waals surface area contributed by atoms with Gasteiger partial charge < -0.3 is 15.4 Å². The molecule has 0 aliphatic heterocycles. The summed E-state index contributed by atoms with van der Waals surface area (Å²) in [6.07, 6.45) is 0.796. The van der Waals surface area contributed by atoms with Crippen LogP contribution in [0.1, 0.15) is 18.1 Å². The topological polar surface area (TPSA) is 50.4 Å². The molecule has 5 heteroatoms. The molecular weight excluding hydrogens is 324 g/mol. The third-order valence-corrected chi connectivity index (χ3v) is 4.25. The second-order valence-corrected chi connectivity index (χ2v) is 6.23. The minimum absolute atomic E-state index is 0.212. The summed E-state index contributed by atoms with van der Waals surface area (Å²) in [4.78, 5) is 12.0. The lowest BCUT2D eigenvalue weighted by Crippen LogP contribution is -2.44. The molecule has 0 heterocycles. The summed E-state index contributed by atoms with van der Waals surface area (Å²) >= 11 is 6.04. The summed E-state index contributed by atoms with van der Waals surface area (Å²) in [5.41, 5.74) is 1.47. The van der Waals surface area contributed by atoms with E-state index in [2.05, 4.69) is 10.6 Å². The lowest BCUT2D eigenvalue weighted by Gasteiger charge is -2.29. The Morgan fingerprint density at radius 1 is 1.12 bits per heavy atom. The van der Waals surface area contributed by atoms with Crippen molar-refractivity contribution in [1.29, 1.82) is 0 Å². The van der Waals surface area contributed by atoms with Gasteiger partial charge in [0.2, 0.25) is 0 Å². The van der Waals surface area contributed by atoms with Crippen LogP contribution in [0.2, 0.25) is 5.02 Å². The molecule has 0 saturated carbocycles. The van der Waals surface area contributed by atoms with Crippen molar-refractivity contribution in [3.05, 3.63) is 70.7 Å². The lowest BCUT2D eigenvalue weighted by atomic mass is 9.96. The summed E-state index contributed by atoms with van der Waals surface area (Å²) in [6.45, 7) is 2.85. The number of nitrogens with one attached hydrogen (secondary N) is 2. The second kappa shape index (κ2) is 8.71. The fraction of sp³-hybridized carbons (Fsp3) is 0.316. The Labute approximate surface area is 148 Å². The summed E-state index contributed by atoms with van der Waals surface area (Å²) in [5, 5.41) is 6.36. The van der Waals surface area contributed by atoms with E-state index in [1.165, 1.54) is 5.56 Å². The molecule has 1 unspecified atom stereocenters. The third-order valence-electron chi connectivity index (χ3n) is 4.01. The zero-order valence-corrected chi connectivity index (χ0v) is 14.8. The zero-order valence-electron chi connectivity index (χ0n) is 14.0. The molecular formula is C19H23ClN2O2. The molecule has 2 aromatic rings. The molecule has 0 aliphatic rings. The fourth-order valence-electron chi connectivity index (χ4n) is 2.39. The number of hydrogen-bond acceptors (Lipinski definition) is 2. The number of halogens is 1. The average molecular weight is 347 g/mol. The molecule has 128 valence electrons. The maximum Gasteiger partial charge on any atom is 0.314 e. The molecule has 4 nitrogen and oxygen atoms in total. The monoisotopic (exact) mass is 346 g/mol. The van der Waals surface area contributed by atoms with Crippen LogP contribution in [0.3, 0.4) is 0 Å². The predicted molar refractivity (Wildman–Crippen MR) is 97.4 cm³/mol. The van der Waals surface area contributed by atoms with E-state index in [1.807, 2.05) is 61.5 Å². The molecule has 0 fully saturated rings. The van der Waals surface area contributed by atoms with Crippen LogP contribution in [0.5, 0.6) is 0 Å². The van der Waals surface area contributed by atoms with Gasteiger partial charge in [-0.05, 0) is 36.6 Å². The van der Waals surface area contributed by atoms with Gasteiger partial charge in [0.15, 0.2) is 0 Å². The number of benzene rings is 2. The summed E-state index contributed by atoms with van der Waals surface area (Å²) in [6, 6.07) is 17.3. The van der Waals surface area contributed by atoms with E-state index in [0.717, 1.165) is 12.0 Å². The highest BCUT2D eigenvalue weighted by Crippen LogP contribution is 2.26. The van der Waals surface area contributed by atoms with Crippen LogP contribution < -0.4 is 10.6 Å². The van der Waals surface area contributed by atoms with Crippen LogP contribution in [-0.4, -0.2) is 26.2 Å². The van der Waals surface area contributed by atoms with Crippen molar-refractivity contribution in [2.24, 2.45) is 0 Å². The molecule has 0 radical (unpaired) electrons. The van der Waals surface area contributed by atoms with Gasteiger partial charge in [0, 0.05) is 18.7 Å². The van der Waals surface area contributed by atoms with Gasteiger partial charge in [0.1, 0.15) is 5.60 Å². The van der Waals surface area contributed by atoms with Gasteiger partial charge in [-0.3, -0.25) is 0 Å². The van der Waals surface area contributed by atoms with Crippen molar-refractivity contribution in [3.63, 3.8) is 0 Å². The smallest absolute Gasteiger partial charge is 0.314 e. The molecule has 0 bridgehead atoms. The highest BCUT2D eigenvalue weighted by Gasteiger charge is 2.27. The first-order valence-corrected chi connectivity index (χ1v) is 8.28. The SMILES string of the molecule is COC(C)(CNC(=O)NCCc1ccccc1)c1cccc(Cl)c1. The van der Waals surface area contributed by atoms with E-state index in [1.54, 1.807) is 7.11 Å². The van der Waals surface area contributed by atoms with Gasteiger partial charge in [0.05, 0.1) is 6.54 Å². The number of carbonyl (C=O) groups excluding carboxylic acids is 1. The van der Waals surface area contributed by atoms with Gasteiger partial charge in [0.25, 0.3) is 0 Å². The summed E-state index contributed by atoms with van der Waals surface area (Å²) < 4.78 is 5.60. The second-order valence-electron chi connectivity index (χ2n) is 5.79. The minimum atomic E-state index is -0.637. The molecule has 0 spiro atoms. The summed E-state index contributed by atoms with van der Waals surface area (Å²) in [5.74, 6) is 0. The van der Waals surface area contributed by atoms with Gasteiger partial charge in [-0.15, -0.1) is 0 Å². The van der Waals surface area contributed by atoms with E-state index in [0.29, 0.717) is 18.1 Å². The molecule has 2 N–H and O–H groups in total. The van der Waals surface area contributed by atoms with Crippen LogP contribution in [0, 0.1) is 0 Å². The minimum Gasteiger partial charge on any atom is -0.372 e. The number of hydrogen-bond donors (Lipinski definition) is 2. The van der Waals surface area contributed by atoms with E-state index in [-0.39, 0.29) is 6.03 Å². The highest BCUT2D eigenvalue weighted by atomic mass is 35.5. The molecule has 0 aliphatic carbocycles. The Balaban J connectivity index is 1.83. The molecule has 1 atom stereocenters. The zero-order chi connectivity index (χ0) is 17.4. The number of methoxy groups -OCH3 is 1. The van der Waals surface area contributed by atoms with Gasteiger partial charge in [-0.2, -0.15) is 0 Å². The van der Waals surface area contributed by atoms with Gasteiger partial charge in [-0.25, -0.2) is 4.79 Å². The number of rotatable bonds is 7. The summed E-state index contributed by atoms with van der Waals surface area (Å²) in [7, 11) is 1.62. The molecule has 2 amide bonds. The van der Waals surface area contributed by atoms with Gasteiger partial charge in [-0.1, -0.05) is 54.1 Å². The van der Waals surface area contributed by atoms with Crippen molar-refractivity contribution >= 4 is 17.6 Å². The van der Waals surface area contributed by atoms with Crippen LogP contribution >= 0.6 is 11.6 Å². The first-order valence-electron chi connectivity index (χ1n) is 7.90. The van der Waals surface area contributed by atoms with Crippen molar-refractivity contribution in [2.75, 3.05) is 20.2 Å². The fourth-order valence-corrected chi connectivity index (χ4v) is 2.58. The number of urea groups is 1. The van der Waals surface area contributed by atoms with Crippen LogP contribution in [0.15, 0.2) is 54.6 Å². The Bertz CT molecular complexity index is 663. The lowest BCUT2D eigenvalue weighted by molar-refractivity contribution is 0.00489. The Morgan fingerprint density at radius 3 is 2.54 bits per heavy atom. The van der Waals surface area contributed by atoms with Crippen LogP contribution in [0.4, 0.5) is 4.79 Å². The average Bonchev–Trinajstić information content (AvgIpc) is 2.60. The van der Waals surface area contributed by atoms with Crippen LogP contribution in [-0.2, 0) is 16.8 Å². The highest BCUT2D eigenvalue weighted by molar-refractivity contribution is 6.30. The van der Waals surface area contributed by atoms with Crippen molar-refractivity contribution in [2.45, 2.75) is 18.9 Å². The Morgan fingerprint density at radius 2 is 1.88 bits per heavy atom. The van der Waals surface area contributed by atoms with Crippen molar-refractivity contribution in [1.82, 2.24) is 10.6 Å². The first-order chi connectivity index (χ1) is 11.5.